The van der Waals surface area contributed by atoms with Gasteiger partial charge < -0.3 is 9.47 Å². The van der Waals surface area contributed by atoms with E-state index in [1.807, 2.05) is 13.8 Å². The Bertz CT molecular complexity index is 277. The number of esters is 2. The molecule has 2 heterocycles. The largest absolute Gasteiger partial charge is 0.459 e. The molecule has 0 aliphatic carbocycles. The number of carbonyl (C=O) groups is 2. The smallest absolute Gasteiger partial charge is 0.333 e. The molecule has 0 amide bonds. The number of hydrogen-bond acceptors (Lipinski definition) is 4. The summed E-state index contributed by atoms with van der Waals surface area (Å²) in [6.45, 7) is 10.7. The summed E-state index contributed by atoms with van der Waals surface area (Å²) in [6, 6.07) is 0. The summed E-state index contributed by atoms with van der Waals surface area (Å²) in [6.07, 6.45) is 1.49. The first-order chi connectivity index (χ1) is 7.40. The highest BCUT2D eigenvalue weighted by Gasteiger charge is 2.23. The summed E-state index contributed by atoms with van der Waals surface area (Å²) in [4.78, 5) is 20.9. The van der Waals surface area contributed by atoms with E-state index in [1.165, 1.54) is 0 Å². The molecule has 2 fully saturated rings. The van der Waals surface area contributed by atoms with Crippen molar-refractivity contribution in [2.75, 3.05) is 0 Å². The Balaban J connectivity index is 0.000000160. The van der Waals surface area contributed by atoms with Gasteiger partial charge in [-0.1, -0.05) is 13.2 Å². The third kappa shape index (κ3) is 3.22. The van der Waals surface area contributed by atoms with E-state index in [-0.39, 0.29) is 24.1 Å². The molecule has 4 heteroatoms. The predicted molar refractivity (Wildman–Crippen MR) is 58.6 cm³/mol. The van der Waals surface area contributed by atoms with Crippen molar-refractivity contribution in [3.63, 3.8) is 0 Å². The zero-order chi connectivity index (χ0) is 12.3. The molecule has 2 saturated heterocycles. The molecule has 0 radical (unpaired) electrons. The molecule has 2 aliphatic heterocycles. The van der Waals surface area contributed by atoms with E-state index >= 15 is 0 Å². The van der Waals surface area contributed by atoms with Crippen LogP contribution < -0.4 is 0 Å². The predicted octanol–water partition coefficient (Wildman–Crippen LogP) is 1.76. The molecule has 0 aromatic carbocycles. The molecular formula is C12H16O4. The maximum Gasteiger partial charge on any atom is 0.333 e. The first kappa shape index (κ1) is 12.5. The van der Waals surface area contributed by atoms with Crippen molar-refractivity contribution in [1.82, 2.24) is 0 Å². The van der Waals surface area contributed by atoms with Gasteiger partial charge in [-0.3, -0.25) is 0 Å². The van der Waals surface area contributed by atoms with Crippen LogP contribution in [0.25, 0.3) is 0 Å². The average molecular weight is 224 g/mol. The maximum absolute atomic E-state index is 10.5. The van der Waals surface area contributed by atoms with E-state index in [2.05, 4.69) is 13.2 Å². The molecule has 0 N–H and O–H groups in total. The number of ether oxygens (including phenoxy) is 2. The summed E-state index contributed by atoms with van der Waals surface area (Å²) in [7, 11) is 0. The zero-order valence-corrected chi connectivity index (χ0v) is 9.62. The van der Waals surface area contributed by atoms with Gasteiger partial charge in [-0.25, -0.2) is 9.59 Å². The molecule has 4 nitrogen and oxygen atoms in total. The highest BCUT2D eigenvalue weighted by atomic mass is 16.6. The minimum atomic E-state index is -0.238. The van der Waals surface area contributed by atoms with Crippen LogP contribution in [0.4, 0.5) is 0 Å². The number of carbonyl (C=O) groups excluding carboxylic acids is 2. The van der Waals surface area contributed by atoms with E-state index < -0.39 is 0 Å². The third-order valence-corrected chi connectivity index (χ3v) is 2.26. The summed E-state index contributed by atoms with van der Waals surface area (Å²) >= 11 is 0. The number of rotatable bonds is 0. The van der Waals surface area contributed by atoms with Gasteiger partial charge in [-0.2, -0.15) is 0 Å². The fourth-order valence-electron chi connectivity index (χ4n) is 1.48. The van der Waals surface area contributed by atoms with Crippen molar-refractivity contribution < 1.29 is 19.1 Å². The second-order valence-electron chi connectivity index (χ2n) is 4.05. The van der Waals surface area contributed by atoms with Crippen LogP contribution in [0.2, 0.25) is 0 Å². The first-order valence-electron chi connectivity index (χ1n) is 5.17. The van der Waals surface area contributed by atoms with Gasteiger partial charge in [0, 0.05) is 24.0 Å². The molecule has 88 valence electrons. The lowest BCUT2D eigenvalue weighted by Gasteiger charge is -1.94. The summed E-state index contributed by atoms with van der Waals surface area (Å²) in [5, 5.41) is 0. The second kappa shape index (κ2) is 4.96. The SMILES string of the molecule is C=C1CC(C)OC1=O.C=C1CC(C)OC1=O. The van der Waals surface area contributed by atoms with Gasteiger partial charge in [-0.15, -0.1) is 0 Å². The van der Waals surface area contributed by atoms with E-state index in [1.54, 1.807) is 0 Å². The molecule has 2 aliphatic rings. The van der Waals surface area contributed by atoms with Gasteiger partial charge in [-0.05, 0) is 13.8 Å². The molecule has 2 rings (SSSR count). The lowest BCUT2D eigenvalue weighted by atomic mass is 10.2. The number of hydrogen-bond donors (Lipinski definition) is 0. The summed E-state index contributed by atoms with van der Waals surface area (Å²) < 4.78 is 9.47. The molecule has 2 unspecified atom stereocenters. The molecule has 0 spiro atoms. The minimum absolute atomic E-state index is 0.0509. The van der Waals surface area contributed by atoms with Gasteiger partial charge in [0.05, 0.1) is 0 Å². The minimum Gasteiger partial charge on any atom is -0.459 e. The highest BCUT2D eigenvalue weighted by Crippen LogP contribution is 2.17. The lowest BCUT2D eigenvalue weighted by molar-refractivity contribution is -0.139. The second-order valence-corrected chi connectivity index (χ2v) is 4.05. The van der Waals surface area contributed by atoms with Gasteiger partial charge >= 0.3 is 11.9 Å². The molecule has 16 heavy (non-hydrogen) atoms. The lowest BCUT2D eigenvalue weighted by Crippen LogP contribution is -1.99. The summed E-state index contributed by atoms with van der Waals surface area (Å²) in [5.74, 6) is -0.477. The van der Waals surface area contributed by atoms with Crippen molar-refractivity contribution in [2.45, 2.75) is 38.9 Å². The Kier molecular flexibility index (Phi) is 3.88. The van der Waals surface area contributed by atoms with Crippen molar-refractivity contribution >= 4 is 11.9 Å². The van der Waals surface area contributed by atoms with Crippen LogP contribution in [-0.2, 0) is 19.1 Å². The molecule has 2 atom stereocenters. The van der Waals surface area contributed by atoms with Crippen molar-refractivity contribution in [3.05, 3.63) is 24.3 Å². The topological polar surface area (TPSA) is 52.6 Å². The highest BCUT2D eigenvalue weighted by molar-refractivity contribution is 5.90. The molecular weight excluding hydrogens is 208 g/mol. The molecule has 0 saturated carbocycles. The van der Waals surface area contributed by atoms with Crippen molar-refractivity contribution in [3.8, 4) is 0 Å². The maximum atomic E-state index is 10.5. The fraction of sp³-hybridized carbons (Fsp3) is 0.500. The quantitative estimate of drug-likeness (QED) is 0.464. The van der Waals surface area contributed by atoms with E-state index in [0.717, 1.165) is 0 Å². The van der Waals surface area contributed by atoms with Gasteiger partial charge in [0.1, 0.15) is 12.2 Å². The van der Waals surface area contributed by atoms with Gasteiger partial charge in [0.15, 0.2) is 0 Å². The Labute approximate surface area is 94.9 Å². The van der Waals surface area contributed by atoms with Crippen LogP contribution >= 0.6 is 0 Å². The Hall–Kier alpha value is -1.58. The van der Waals surface area contributed by atoms with Gasteiger partial charge in [0.2, 0.25) is 0 Å². The molecule has 0 aromatic rings. The Morgan fingerprint density at radius 2 is 1.25 bits per heavy atom. The van der Waals surface area contributed by atoms with Crippen LogP contribution in [0, 0.1) is 0 Å². The first-order valence-corrected chi connectivity index (χ1v) is 5.17. The summed E-state index contributed by atoms with van der Waals surface area (Å²) in [5.41, 5.74) is 1.19. The van der Waals surface area contributed by atoms with Crippen molar-refractivity contribution in [1.29, 1.82) is 0 Å². The van der Waals surface area contributed by atoms with Crippen LogP contribution in [0.1, 0.15) is 26.7 Å². The van der Waals surface area contributed by atoms with E-state index in [0.29, 0.717) is 24.0 Å². The molecule has 0 aromatic heterocycles. The standard InChI is InChI=1S/2C6H8O2/c2*1-4-3-5(2)8-6(4)7/h2*5H,1,3H2,2H3. The van der Waals surface area contributed by atoms with Crippen LogP contribution in [0.3, 0.4) is 0 Å². The van der Waals surface area contributed by atoms with Crippen LogP contribution in [0.5, 0.6) is 0 Å². The monoisotopic (exact) mass is 224 g/mol. The van der Waals surface area contributed by atoms with E-state index in [9.17, 15) is 9.59 Å². The third-order valence-electron chi connectivity index (χ3n) is 2.26. The Morgan fingerprint density at radius 1 is 0.938 bits per heavy atom. The normalized spacial score (nSPS) is 28.4. The van der Waals surface area contributed by atoms with Gasteiger partial charge in [0.25, 0.3) is 0 Å². The van der Waals surface area contributed by atoms with Crippen LogP contribution in [-0.4, -0.2) is 24.1 Å². The van der Waals surface area contributed by atoms with Crippen molar-refractivity contribution in [2.24, 2.45) is 0 Å². The average Bonchev–Trinajstić information content (AvgIpc) is 2.58. The van der Waals surface area contributed by atoms with E-state index in [4.69, 9.17) is 9.47 Å². The zero-order valence-electron chi connectivity index (χ0n) is 9.62. The molecule has 0 bridgehead atoms. The Morgan fingerprint density at radius 3 is 1.31 bits per heavy atom. The number of cyclic esters (lactones) is 2. The fourth-order valence-corrected chi connectivity index (χ4v) is 1.48. The van der Waals surface area contributed by atoms with Crippen LogP contribution in [0.15, 0.2) is 24.3 Å².